The molecule has 0 bridgehead atoms. The van der Waals surface area contributed by atoms with Gasteiger partial charge in [-0.3, -0.25) is 0 Å². The predicted molar refractivity (Wildman–Crippen MR) is 98.1 cm³/mol. The van der Waals surface area contributed by atoms with Crippen LogP contribution in [-0.4, -0.2) is 31.2 Å². The van der Waals surface area contributed by atoms with Crippen LogP contribution in [-0.2, 0) is 12.2 Å². The van der Waals surface area contributed by atoms with Gasteiger partial charge in [0.15, 0.2) is 0 Å². The average molecular weight is 423 g/mol. The first-order valence-electron chi connectivity index (χ1n) is 8.33. The largest absolute Gasteiger partial charge is 0.427 e. The molecule has 2 heterocycles. The molecule has 2 aromatic carbocycles. The fourth-order valence-corrected chi connectivity index (χ4v) is 3.75. The lowest BCUT2D eigenvalue weighted by Crippen LogP contribution is -2.43. The van der Waals surface area contributed by atoms with Crippen molar-refractivity contribution in [3.05, 3.63) is 76.1 Å². The van der Waals surface area contributed by atoms with Gasteiger partial charge in [0.2, 0.25) is 5.60 Å². The Labute approximate surface area is 165 Å². The Morgan fingerprint density at radius 3 is 2.41 bits per heavy atom. The molecule has 2 aromatic heterocycles. The summed E-state index contributed by atoms with van der Waals surface area (Å²) in [5.41, 5.74) is -3.36. The summed E-state index contributed by atoms with van der Waals surface area (Å²) in [7, 11) is 0. The van der Waals surface area contributed by atoms with Crippen molar-refractivity contribution in [2.24, 2.45) is 0 Å². The number of halogens is 4. The normalized spacial score (nSPS) is 14.3. The van der Waals surface area contributed by atoms with Crippen LogP contribution in [0.3, 0.4) is 0 Å². The minimum atomic E-state index is -5.05. The highest BCUT2D eigenvalue weighted by Gasteiger charge is 2.58. The lowest BCUT2D eigenvalue weighted by molar-refractivity contribution is -0.249. The molecule has 4 rings (SSSR count). The van der Waals surface area contributed by atoms with Gasteiger partial charge in [0.05, 0.1) is 29.7 Å². The molecule has 2 N–H and O–H groups in total. The molecule has 1 atom stereocenters. The molecule has 150 valence electrons. The summed E-state index contributed by atoms with van der Waals surface area (Å²) in [5.74, 6) is -0.423. The number of hydrogen-bond donors (Lipinski definition) is 2. The lowest BCUT2D eigenvalue weighted by atomic mass is 9.89. The third-order valence-corrected chi connectivity index (χ3v) is 5.36. The van der Waals surface area contributed by atoms with E-state index >= 15 is 0 Å². The minimum Gasteiger partial charge on any atom is -0.389 e. The quantitative estimate of drug-likeness (QED) is 0.489. The number of rotatable bonds is 4. The second-order valence-electron chi connectivity index (χ2n) is 6.30. The summed E-state index contributed by atoms with van der Waals surface area (Å²) in [6, 6.07) is 9.22. The van der Waals surface area contributed by atoms with Gasteiger partial charge in [0.25, 0.3) is 0 Å². The summed E-state index contributed by atoms with van der Waals surface area (Å²) in [4.78, 5) is 3.73. The summed E-state index contributed by atoms with van der Waals surface area (Å²) in [5, 5.41) is 25.4. The van der Waals surface area contributed by atoms with E-state index in [1.54, 1.807) is 0 Å². The van der Waals surface area contributed by atoms with E-state index in [2.05, 4.69) is 10.1 Å². The number of nitrogens with zero attached hydrogens (tertiary/aromatic N) is 3. The zero-order valence-corrected chi connectivity index (χ0v) is 15.4. The minimum absolute atomic E-state index is 0.0629. The van der Waals surface area contributed by atoms with Crippen molar-refractivity contribution in [2.45, 2.75) is 18.4 Å². The maximum absolute atomic E-state index is 13.9. The Morgan fingerprint density at radius 1 is 1.07 bits per heavy atom. The van der Waals surface area contributed by atoms with Gasteiger partial charge in [0, 0.05) is 10.8 Å². The van der Waals surface area contributed by atoms with Gasteiger partial charge in [-0.05, 0) is 42.0 Å². The third kappa shape index (κ3) is 3.18. The van der Waals surface area contributed by atoms with E-state index in [0.717, 1.165) is 22.8 Å². The fourth-order valence-electron chi connectivity index (χ4n) is 3.05. The molecule has 29 heavy (non-hydrogen) atoms. The van der Waals surface area contributed by atoms with Crippen molar-refractivity contribution >= 4 is 22.2 Å². The van der Waals surface area contributed by atoms with Gasteiger partial charge in [-0.1, -0.05) is 6.07 Å². The van der Waals surface area contributed by atoms with Crippen LogP contribution in [0.1, 0.15) is 16.3 Å². The zero-order valence-electron chi connectivity index (χ0n) is 14.6. The molecule has 0 aliphatic carbocycles. The monoisotopic (exact) mass is 423 g/mol. The highest BCUT2D eigenvalue weighted by molar-refractivity contribution is 7.09. The van der Waals surface area contributed by atoms with Crippen molar-refractivity contribution in [3.63, 3.8) is 0 Å². The molecule has 0 saturated heterocycles. The Morgan fingerprint density at radius 2 is 1.79 bits per heavy atom. The smallest absolute Gasteiger partial charge is 0.389 e. The van der Waals surface area contributed by atoms with Crippen LogP contribution >= 0.6 is 11.3 Å². The van der Waals surface area contributed by atoms with Crippen LogP contribution in [0.2, 0.25) is 0 Å². The molecule has 0 spiro atoms. The molecule has 0 amide bonds. The highest BCUT2D eigenvalue weighted by Crippen LogP contribution is 2.45. The number of hydrogen-bond acceptors (Lipinski definition) is 5. The number of aliphatic hydroxyl groups is 2. The fraction of sp³-hybridized carbons (Fsp3) is 0.158. The van der Waals surface area contributed by atoms with Crippen LogP contribution < -0.4 is 0 Å². The molecular formula is C19H13F4N3O2S. The number of aliphatic hydroxyl groups excluding tert-OH is 1. The van der Waals surface area contributed by atoms with E-state index in [4.69, 9.17) is 5.11 Å². The first-order chi connectivity index (χ1) is 13.7. The van der Waals surface area contributed by atoms with Crippen LogP contribution in [0.4, 0.5) is 17.6 Å². The molecule has 4 aromatic rings. The molecule has 10 heteroatoms. The Kier molecular flexibility index (Phi) is 4.64. The molecule has 0 fully saturated rings. The van der Waals surface area contributed by atoms with Gasteiger partial charge < -0.3 is 10.2 Å². The molecule has 0 aliphatic heterocycles. The average Bonchev–Trinajstić information content (AvgIpc) is 3.34. The van der Waals surface area contributed by atoms with Gasteiger partial charge in [-0.2, -0.15) is 18.3 Å². The first-order valence-corrected chi connectivity index (χ1v) is 9.21. The van der Waals surface area contributed by atoms with E-state index in [9.17, 15) is 22.7 Å². The Balaban J connectivity index is 1.84. The van der Waals surface area contributed by atoms with E-state index in [1.165, 1.54) is 47.3 Å². The van der Waals surface area contributed by atoms with Crippen molar-refractivity contribution in [3.8, 4) is 5.69 Å². The topological polar surface area (TPSA) is 71.2 Å². The molecule has 5 nitrogen and oxygen atoms in total. The Bertz CT molecular complexity index is 1170. The number of aromatic nitrogens is 3. The molecule has 0 aliphatic rings. The molecular weight excluding hydrogens is 410 g/mol. The first kappa shape index (κ1) is 19.5. The molecule has 0 radical (unpaired) electrons. The van der Waals surface area contributed by atoms with Crippen LogP contribution in [0.15, 0.2) is 54.0 Å². The number of fused-ring (bicyclic) bond motifs is 1. The molecule has 0 saturated carbocycles. The summed E-state index contributed by atoms with van der Waals surface area (Å²) in [6.45, 7) is -0.526. The summed E-state index contributed by atoms with van der Waals surface area (Å²) < 4.78 is 56.3. The van der Waals surface area contributed by atoms with Gasteiger partial charge in [-0.25, -0.2) is 14.1 Å². The third-order valence-electron chi connectivity index (χ3n) is 4.52. The van der Waals surface area contributed by atoms with Crippen LogP contribution in [0, 0.1) is 5.82 Å². The van der Waals surface area contributed by atoms with Crippen LogP contribution in [0.5, 0.6) is 0 Å². The standard InChI is InChI=1S/C19H13F4N3O2S/c20-13-2-4-14(5-3-13)26-15-6-1-12(7-11(15)8-24-26)18(28,19(21,22)23)16-10-29-17(9-27)25-16/h1-8,10,27-28H,9H2. The van der Waals surface area contributed by atoms with E-state index in [1.807, 2.05) is 0 Å². The van der Waals surface area contributed by atoms with Crippen molar-refractivity contribution in [1.29, 1.82) is 0 Å². The van der Waals surface area contributed by atoms with Crippen molar-refractivity contribution < 1.29 is 27.8 Å². The van der Waals surface area contributed by atoms with Crippen molar-refractivity contribution in [1.82, 2.24) is 14.8 Å². The number of benzene rings is 2. The zero-order chi connectivity index (χ0) is 20.8. The maximum atomic E-state index is 13.9. The van der Waals surface area contributed by atoms with Crippen molar-refractivity contribution in [2.75, 3.05) is 0 Å². The van der Waals surface area contributed by atoms with Crippen LogP contribution in [0.25, 0.3) is 16.6 Å². The lowest BCUT2D eigenvalue weighted by Gasteiger charge is -2.29. The number of alkyl halides is 3. The summed E-state index contributed by atoms with van der Waals surface area (Å²) >= 11 is 0.825. The predicted octanol–water partition coefficient (Wildman–Crippen LogP) is 3.91. The van der Waals surface area contributed by atoms with E-state index in [0.29, 0.717) is 16.6 Å². The molecule has 1 unspecified atom stereocenters. The van der Waals surface area contributed by atoms with E-state index in [-0.39, 0.29) is 5.01 Å². The second-order valence-corrected chi connectivity index (χ2v) is 7.24. The second kappa shape index (κ2) is 6.90. The number of thiazole rings is 1. The highest BCUT2D eigenvalue weighted by atomic mass is 32.1. The van der Waals surface area contributed by atoms with Gasteiger partial charge >= 0.3 is 6.18 Å². The van der Waals surface area contributed by atoms with Gasteiger partial charge in [-0.15, -0.1) is 11.3 Å². The maximum Gasteiger partial charge on any atom is 0.427 e. The SMILES string of the molecule is OCc1nc(C(O)(c2ccc3c(cnn3-c3ccc(F)cc3)c2)C(F)(F)F)cs1. The van der Waals surface area contributed by atoms with Gasteiger partial charge in [0.1, 0.15) is 10.8 Å². The van der Waals surface area contributed by atoms with E-state index < -0.39 is 35.5 Å². The Hall–Kier alpha value is -2.82. The summed E-state index contributed by atoms with van der Waals surface area (Å²) in [6.07, 6.45) is -3.69.